The van der Waals surface area contributed by atoms with Crippen LogP contribution in [0.1, 0.15) is 28.3 Å². The fourth-order valence-electron chi connectivity index (χ4n) is 2.46. The smallest absolute Gasteiger partial charge is 0.170 e. The van der Waals surface area contributed by atoms with Crippen LogP contribution >= 0.6 is 22.6 Å². The molecule has 1 heterocycles. The summed E-state index contributed by atoms with van der Waals surface area (Å²) in [7, 11) is 0. The van der Waals surface area contributed by atoms with Gasteiger partial charge in [-0.3, -0.25) is 4.79 Å². The van der Waals surface area contributed by atoms with Crippen LogP contribution in [0.25, 0.3) is 0 Å². The van der Waals surface area contributed by atoms with E-state index < -0.39 is 0 Å². The first kappa shape index (κ1) is 12.7. The number of hydrogen-bond donors (Lipinski definition) is 0. The minimum absolute atomic E-state index is 0.0804. The highest BCUT2D eigenvalue weighted by Gasteiger charge is 2.28. The van der Waals surface area contributed by atoms with Crippen molar-refractivity contribution >= 4 is 28.4 Å². The molecule has 1 aliphatic heterocycles. The Labute approximate surface area is 125 Å². The van der Waals surface area contributed by atoms with Crippen LogP contribution in [0.4, 0.5) is 0 Å². The molecule has 3 rings (SSSR count). The van der Waals surface area contributed by atoms with Gasteiger partial charge >= 0.3 is 0 Å². The van der Waals surface area contributed by atoms with Gasteiger partial charge in [-0.15, -0.1) is 0 Å². The maximum absolute atomic E-state index is 12.7. The van der Waals surface area contributed by atoms with Gasteiger partial charge in [-0.25, -0.2) is 0 Å². The molecule has 0 fully saturated rings. The number of ketones is 1. The van der Waals surface area contributed by atoms with Gasteiger partial charge in [-0.2, -0.15) is 0 Å². The standard InChI is InChI=1S/C16H13IO2/c17-12-5-3-4-11(10-12)16(18)14-8-9-19-15-7-2-1-6-13(14)15/h1-7,10,14H,8-9H2. The number of benzene rings is 2. The summed E-state index contributed by atoms with van der Waals surface area (Å²) >= 11 is 2.23. The topological polar surface area (TPSA) is 26.3 Å². The Hall–Kier alpha value is -1.36. The zero-order valence-corrected chi connectivity index (χ0v) is 12.5. The van der Waals surface area contributed by atoms with Gasteiger partial charge in [0, 0.05) is 14.7 Å². The fraction of sp³-hybridized carbons (Fsp3) is 0.188. The number of ether oxygens (including phenoxy) is 1. The third-order valence-electron chi connectivity index (χ3n) is 3.38. The van der Waals surface area contributed by atoms with Crippen molar-refractivity contribution in [1.82, 2.24) is 0 Å². The van der Waals surface area contributed by atoms with Crippen LogP contribution in [0, 0.1) is 3.57 Å². The number of para-hydroxylation sites is 1. The lowest BCUT2D eigenvalue weighted by Crippen LogP contribution is -2.21. The summed E-state index contributed by atoms with van der Waals surface area (Å²) in [6, 6.07) is 15.6. The minimum atomic E-state index is -0.0804. The maximum Gasteiger partial charge on any atom is 0.170 e. The lowest BCUT2D eigenvalue weighted by atomic mass is 9.86. The molecule has 0 N–H and O–H groups in total. The minimum Gasteiger partial charge on any atom is -0.493 e. The summed E-state index contributed by atoms with van der Waals surface area (Å²) in [5, 5.41) is 0. The fourth-order valence-corrected chi connectivity index (χ4v) is 3.00. The summed E-state index contributed by atoms with van der Waals surface area (Å²) in [6.07, 6.45) is 0.751. The van der Waals surface area contributed by atoms with Crippen molar-refractivity contribution in [1.29, 1.82) is 0 Å². The summed E-state index contributed by atoms with van der Waals surface area (Å²) in [5.74, 6) is 0.954. The molecular formula is C16H13IO2. The first-order valence-electron chi connectivity index (χ1n) is 6.27. The van der Waals surface area contributed by atoms with Crippen LogP contribution in [0.5, 0.6) is 5.75 Å². The molecule has 1 aliphatic rings. The van der Waals surface area contributed by atoms with Gasteiger partial charge in [0.15, 0.2) is 5.78 Å². The third-order valence-corrected chi connectivity index (χ3v) is 4.06. The highest BCUT2D eigenvalue weighted by Crippen LogP contribution is 2.35. The van der Waals surface area contributed by atoms with E-state index in [0.29, 0.717) is 6.61 Å². The largest absolute Gasteiger partial charge is 0.493 e. The van der Waals surface area contributed by atoms with E-state index in [1.165, 1.54) is 0 Å². The Morgan fingerprint density at radius 2 is 2.00 bits per heavy atom. The van der Waals surface area contributed by atoms with Crippen LogP contribution in [0.2, 0.25) is 0 Å². The van der Waals surface area contributed by atoms with Gasteiger partial charge in [0.1, 0.15) is 5.75 Å². The van der Waals surface area contributed by atoms with Gasteiger partial charge < -0.3 is 4.74 Å². The van der Waals surface area contributed by atoms with Crippen molar-refractivity contribution in [2.75, 3.05) is 6.61 Å². The van der Waals surface area contributed by atoms with E-state index in [1.54, 1.807) is 0 Å². The molecule has 0 saturated carbocycles. The molecule has 3 heteroatoms. The molecule has 0 saturated heterocycles. The average molecular weight is 364 g/mol. The van der Waals surface area contributed by atoms with E-state index in [9.17, 15) is 4.79 Å². The van der Waals surface area contributed by atoms with Gasteiger partial charge in [0.2, 0.25) is 0 Å². The van der Waals surface area contributed by atoms with Crippen molar-refractivity contribution in [2.24, 2.45) is 0 Å². The van der Waals surface area contributed by atoms with Gasteiger partial charge in [-0.05, 0) is 47.2 Å². The molecule has 1 atom stereocenters. The van der Waals surface area contributed by atoms with E-state index in [1.807, 2.05) is 48.5 Å². The Morgan fingerprint density at radius 1 is 1.16 bits per heavy atom. The molecule has 0 spiro atoms. The zero-order valence-electron chi connectivity index (χ0n) is 10.3. The molecule has 0 amide bonds. The van der Waals surface area contributed by atoms with Crippen LogP contribution in [0.3, 0.4) is 0 Å². The van der Waals surface area contributed by atoms with Gasteiger partial charge in [0.25, 0.3) is 0 Å². The number of carbonyl (C=O) groups is 1. The molecule has 0 bridgehead atoms. The van der Waals surface area contributed by atoms with E-state index >= 15 is 0 Å². The Kier molecular flexibility index (Phi) is 3.55. The Morgan fingerprint density at radius 3 is 2.84 bits per heavy atom. The second-order valence-electron chi connectivity index (χ2n) is 4.60. The van der Waals surface area contributed by atoms with Crippen molar-refractivity contribution in [3.63, 3.8) is 0 Å². The molecule has 1 unspecified atom stereocenters. The van der Waals surface area contributed by atoms with Crippen LogP contribution in [-0.4, -0.2) is 12.4 Å². The molecule has 2 nitrogen and oxygen atoms in total. The first-order chi connectivity index (χ1) is 9.25. The van der Waals surface area contributed by atoms with E-state index in [0.717, 1.165) is 26.9 Å². The normalized spacial score (nSPS) is 17.4. The molecule has 19 heavy (non-hydrogen) atoms. The van der Waals surface area contributed by atoms with Crippen LogP contribution in [-0.2, 0) is 0 Å². The molecule has 2 aromatic rings. The predicted molar refractivity (Wildman–Crippen MR) is 82.8 cm³/mol. The molecule has 0 aliphatic carbocycles. The summed E-state index contributed by atoms with van der Waals surface area (Å²) in [4.78, 5) is 12.7. The molecular weight excluding hydrogens is 351 g/mol. The zero-order chi connectivity index (χ0) is 13.2. The predicted octanol–water partition coefficient (Wildman–Crippen LogP) is 4.04. The van der Waals surface area contributed by atoms with E-state index in [-0.39, 0.29) is 11.7 Å². The summed E-state index contributed by atoms with van der Waals surface area (Å²) in [6.45, 7) is 0.608. The number of fused-ring (bicyclic) bond motifs is 1. The number of Topliss-reactive ketones (excluding diaryl/α,β-unsaturated/α-hetero) is 1. The van der Waals surface area contributed by atoms with Crippen LogP contribution in [0.15, 0.2) is 48.5 Å². The highest BCUT2D eigenvalue weighted by atomic mass is 127. The number of carbonyl (C=O) groups excluding carboxylic acids is 1. The van der Waals surface area contributed by atoms with Crippen molar-refractivity contribution in [2.45, 2.75) is 12.3 Å². The van der Waals surface area contributed by atoms with E-state index in [4.69, 9.17) is 4.74 Å². The number of hydrogen-bond acceptors (Lipinski definition) is 2. The first-order valence-corrected chi connectivity index (χ1v) is 7.35. The van der Waals surface area contributed by atoms with Gasteiger partial charge in [0.05, 0.1) is 12.5 Å². The highest BCUT2D eigenvalue weighted by molar-refractivity contribution is 14.1. The second-order valence-corrected chi connectivity index (χ2v) is 5.85. The lowest BCUT2D eigenvalue weighted by Gasteiger charge is -2.24. The lowest BCUT2D eigenvalue weighted by molar-refractivity contribution is 0.0933. The Balaban J connectivity index is 1.98. The second kappa shape index (κ2) is 5.33. The third kappa shape index (κ3) is 2.52. The molecule has 96 valence electrons. The average Bonchev–Trinajstić information content (AvgIpc) is 2.46. The molecule has 2 aromatic carbocycles. The maximum atomic E-state index is 12.7. The van der Waals surface area contributed by atoms with E-state index in [2.05, 4.69) is 22.6 Å². The summed E-state index contributed by atoms with van der Waals surface area (Å²) < 4.78 is 6.70. The van der Waals surface area contributed by atoms with Crippen LogP contribution < -0.4 is 4.74 Å². The summed E-state index contributed by atoms with van der Waals surface area (Å²) in [5.41, 5.74) is 1.80. The quantitative estimate of drug-likeness (QED) is 0.594. The molecule has 0 aromatic heterocycles. The Bertz CT molecular complexity index is 622. The van der Waals surface area contributed by atoms with Gasteiger partial charge in [-0.1, -0.05) is 30.3 Å². The van der Waals surface area contributed by atoms with Crippen molar-refractivity contribution < 1.29 is 9.53 Å². The van der Waals surface area contributed by atoms with Crippen molar-refractivity contribution in [3.8, 4) is 5.75 Å². The molecule has 0 radical (unpaired) electrons. The van der Waals surface area contributed by atoms with Crippen molar-refractivity contribution in [3.05, 3.63) is 63.2 Å². The SMILES string of the molecule is O=C(c1cccc(I)c1)C1CCOc2ccccc21. The number of rotatable bonds is 2. The monoisotopic (exact) mass is 364 g/mol. The number of halogens is 1.